The molecule has 4 rings (SSSR count). The van der Waals surface area contributed by atoms with Crippen molar-refractivity contribution in [1.82, 2.24) is 29.5 Å². The zero-order valence-electron chi connectivity index (χ0n) is 19.9. The Kier molecular flexibility index (Phi) is 7.28. The first-order chi connectivity index (χ1) is 17.4. The number of imidazole rings is 1. The minimum Gasteiger partial charge on any atom is -0.484 e. The van der Waals surface area contributed by atoms with Gasteiger partial charge in [-0.05, 0) is 37.1 Å². The Balaban J connectivity index is 1.51. The van der Waals surface area contributed by atoms with Crippen molar-refractivity contribution in [2.24, 2.45) is 0 Å². The first kappa shape index (κ1) is 24.5. The summed E-state index contributed by atoms with van der Waals surface area (Å²) in [7, 11) is 0. The van der Waals surface area contributed by atoms with E-state index < -0.39 is 29.6 Å². The number of fused-ring (bicyclic) bond motifs is 1. The van der Waals surface area contributed by atoms with Crippen molar-refractivity contribution in [1.29, 1.82) is 0 Å². The lowest BCUT2D eigenvalue weighted by Crippen LogP contribution is -2.49. The molecule has 2 heterocycles. The van der Waals surface area contributed by atoms with Gasteiger partial charge in [0.05, 0.1) is 12.9 Å². The highest BCUT2D eigenvalue weighted by Gasteiger charge is 2.20. The lowest BCUT2D eigenvalue weighted by atomic mass is 10.2. The lowest BCUT2D eigenvalue weighted by molar-refractivity contribution is -0.130. The minimum absolute atomic E-state index is 0.172. The first-order valence-electron chi connectivity index (χ1n) is 11.4. The number of aryl methyl sites for hydroxylation is 2. The van der Waals surface area contributed by atoms with Crippen LogP contribution in [-0.4, -0.2) is 37.1 Å². The van der Waals surface area contributed by atoms with Crippen LogP contribution in [0.4, 0.5) is 0 Å². The van der Waals surface area contributed by atoms with E-state index in [-0.39, 0.29) is 24.3 Å². The van der Waals surface area contributed by atoms with Crippen molar-refractivity contribution < 1.29 is 14.3 Å². The molecular weight excluding hydrogens is 464 g/mol. The number of nitrogens with zero attached hydrogens (tertiary/aromatic N) is 4. The fourth-order valence-electron chi connectivity index (χ4n) is 3.74. The summed E-state index contributed by atoms with van der Waals surface area (Å²) in [5.41, 5.74) is 5.42. The van der Waals surface area contributed by atoms with E-state index in [4.69, 9.17) is 4.74 Å². The molecule has 0 radical (unpaired) electrons. The zero-order valence-corrected chi connectivity index (χ0v) is 19.9. The molecule has 0 spiro atoms. The fraction of sp³-hybridized carbons (Fsp3) is 0.240. The highest BCUT2D eigenvalue weighted by molar-refractivity contribution is 5.82. The minimum atomic E-state index is -0.744. The Labute approximate surface area is 205 Å². The van der Waals surface area contributed by atoms with Crippen LogP contribution in [0.5, 0.6) is 5.75 Å². The molecule has 2 aromatic carbocycles. The maximum atomic E-state index is 13.3. The third-order valence-electron chi connectivity index (χ3n) is 5.51. The number of carbonyl (C=O) groups is 2. The van der Waals surface area contributed by atoms with Crippen molar-refractivity contribution in [2.75, 3.05) is 6.61 Å². The van der Waals surface area contributed by atoms with E-state index in [2.05, 4.69) is 15.8 Å². The number of aromatic nitrogens is 4. The average Bonchev–Trinajstić information content (AvgIpc) is 3.31. The van der Waals surface area contributed by atoms with Gasteiger partial charge >= 0.3 is 5.69 Å². The lowest BCUT2D eigenvalue weighted by Gasteiger charge is -2.13. The van der Waals surface area contributed by atoms with Crippen LogP contribution in [0.3, 0.4) is 0 Å². The van der Waals surface area contributed by atoms with E-state index in [0.29, 0.717) is 12.3 Å². The molecule has 2 aromatic heterocycles. The molecule has 0 unspecified atom stereocenters. The van der Waals surface area contributed by atoms with Gasteiger partial charge in [-0.25, -0.2) is 14.3 Å². The van der Waals surface area contributed by atoms with Crippen LogP contribution in [0.2, 0.25) is 0 Å². The Morgan fingerprint density at radius 1 is 0.972 bits per heavy atom. The summed E-state index contributed by atoms with van der Waals surface area (Å²) in [6.45, 7) is 3.46. The topological polar surface area (TPSA) is 129 Å². The third kappa shape index (κ3) is 5.35. The van der Waals surface area contributed by atoms with Crippen LogP contribution in [0, 0.1) is 6.92 Å². The molecule has 0 saturated carbocycles. The largest absolute Gasteiger partial charge is 0.484 e. The van der Waals surface area contributed by atoms with Gasteiger partial charge in [-0.15, -0.1) is 0 Å². The van der Waals surface area contributed by atoms with Gasteiger partial charge in [-0.1, -0.05) is 42.5 Å². The average molecular weight is 491 g/mol. The molecule has 0 atom stereocenters. The number of hydrazine groups is 1. The second-order valence-electron chi connectivity index (χ2n) is 8.15. The highest BCUT2D eigenvalue weighted by atomic mass is 16.5. The van der Waals surface area contributed by atoms with Gasteiger partial charge in [0.2, 0.25) is 0 Å². The molecule has 0 saturated heterocycles. The maximum Gasteiger partial charge on any atom is 0.333 e. The quantitative estimate of drug-likeness (QED) is 0.354. The predicted octanol–water partition coefficient (Wildman–Crippen LogP) is 0.963. The van der Waals surface area contributed by atoms with Crippen LogP contribution in [-0.2, 0) is 29.2 Å². The molecule has 2 N–H and O–H groups in total. The van der Waals surface area contributed by atoms with Crippen molar-refractivity contribution >= 4 is 23.0 Å². The summed E-state index contributed by atoms with van der Waals surface area (Å²) < 4.78 is 9.21. The summed E-state index contributed by atoms with van der Waals surface area (Å²) in [6, 6.07) is 16.4. The number of rotatable bonds is 8. The van der Waals surface area contributed by atoms with Gasteiger partial charge in [0, 0.05) is 6.54 Å². The van der Waals surface area contributed by atoms with Crippen LogP contribution in [0.15, 0.2) is 70.5 Å². The van der Waals surface area contributed by atoms with E-state index in [9.17, 15) is 19.2 Å². The molecule has 186 valence electrons. The smallest absolute Gasteiger partial charge is 0.333 e. The number of carbonyl (C=O) groups excluding carboxylic acids is 2. The third-order valence-corrected chi connectivity index (χ3v) is 5.51. The Bertz CT molecular complexity index is 1520. The van der Waals surface area contributed by atoms with E-state index in [0.717, 1.165) is 15.7 Å². The van der Waals surface area contributed by atoms with Crippen molar-refractivity contribution in [3.05, 3.63) is 92.9 Å². The summed E-state index contributed by atoms with van der Waals surface area (Å²) in [4.78, 5) is 55.3. The first-order valence-corrected chi connectivity index (χ1v) is 11.4. The number of hydrogen-bond acceptors (Lipinski definition) is 6. The summed E-state index contributed by atoms with van der Waals surface area (Å²) in [5, 5.41) is 0. The van der Waals surface area contributed by atoms with Gasteiger partial charge < -0.3 is 9.30 Å². The number of amides is 2. The molecule has 11 heteroatoms. The van der Waals surface area contributed by atoms with Gasteiger partial charge in [0.25, 0.3) is 17.4 Å². The van der Waals surface area contributed by atoms with Gasteiger partial charge in [-0.3, -0.25) is 29.8 Å². The van der Waals surface area contributed by atoms with E-state index in [1.54, 1.807) is 22.8 Å². The van der Waals surface area contributed by atoms with Crippen LogP contribution >= 0.6 is 0 Å². The molecular formula is C25H26N6O5. The molecule has 11 nitrogen and oxygen atoms in total. The maximum absolute atomic E-state index is 13.3. The predicted molar refractivity (Wildman–Crippen MR) is 132 cm³/mol. The van der Waals surface area contributed by atoms with E-state index in [1.165, 1.54) is 10.9 Å². The molecule has 0 aliphatic heterocycles. The standard InChI is InChI=1S/C25H26N6O5/c1-3-29-16-26-23-22(29)24(34)31(25(35)30(23)13-18-9-5-4-6-10-18)14-20(32)27-28-21(33)15-36-19-11-7-8-17(2)12-19/h4-12,16H,3,13-15H2,1-2H3,(H,27,32)(H,28,33). The van der Waals surface area contributed by atoms with Gasteiger partial charge in [0.1, 0.15) is 12.3 Å². The number of hydrogen-bond donors (Lipinski definition) is 2. The molecule has 0 aliphatic carbocycles. The Morgan fingerprint density at radius 3 is 2.44 bits per heavy atom. The van der Waals surface area contributed by atoms with Crippen LogP contribution < -0.4 is 26.8 Å². The van der Waals surface area contributed by atoms with Crippen molar-refractivity contribution in [3.8, 4) is 5.75 Å². The molecule has 0 bridgehead atoms. The van der Waals surface area contributed by atoms with E-state index >= 15 is 0 Å². The molecule has 0 aliphatic rings. The molecule has 36 heavy (non-hydrogen) atoms. The highest BCUT2D eigenvalue weighted by Crippen LogP contribution is 2.12. The van der Waals surface area contributed by atoms with Crippen LogP contribution in [0.25, 0.3) is 11.2 Å². The van der Waals surface area contributed by atoms with Crippen LogP contribution in [0.1, 0.15) is 18.1 Å². The summed E-state index contributed by atoms with van der Waals surface area (Å²) >= 11 is 0. The van der Waals surface area contributed by atoms with Gasteiger partial charge in [-0.2, -0.15) is 0 Å². The second-order valence-corrected chi connectivity index (χ2v) is 8.15. The van der Waals surface area contributed by atoms with E-state index in [1.807, 2.05) is 50.2 Å². The Hall–Kier alpha value is -4.67. The molecule has 0 fully saturated rings. The number of benzene rings is 2. The SMILES string of the molecule is CCn1cnc2c1c(=O)n(CC(=O)NNC(=O)COc1cccc(C)c1)c(=O)n2Cc1ccccc1. The fourth-order valence-corrected chi connectivity index (χ4v) is 3.74. The zero-order chi connectivity index (χ0) is 25.7. The van der Waals surface area contributed by atoms with Gasteiger partial charge in [0.15, 0.2) is 17.8 Å². The normalized spacial score (nSPS) is 10.8. The second kappa shape index (κ2) is 10.7. The number of ether oxygens (including phenoxy) is 1. The van der Waals surface area contributed by atoms with Crippen molar-refractivity contribution in [2.45, 2.75) is 33.5 Å². The molecule has 4 aromatic rings. The molecule has 2 amide bonds. The summed E-state index contributed by atoms with van der Waals surface area (Å²) in [5.74, 6) is -0.827. The Morgan fingerprint density at radius 2 is 1.72 bits per heavy atom. The monoisotopic (exact) mass is 490 g/mol. The van der Waals surface area contributed by atoms with Crippen molar-refractivity contribution in [3.63, 3.8) is 0 Å². The summed E-state index contributed by atoms with van der Waals surface area (Å²) in [6.07, 6.45) is 1.49. The number of nitrogens with one attached hydrogen (secondary N) is 2.